The van der Waals surface area contributed by atoms with Gasteiger partial charge in [-0.25, -0.2) is 9.37 Å². The maximum atomic E-state index is 15.3. The second-order valence-corrected chi connectivity index (χ2v) is 9.98. The molecule has 9 heteroatoms. The third kappa shape index (κ3) is 4.96. The minimum Gasteiger partial charge on any atom is -0.487 e. The molecule has 4 aromatic rings. The van der Waals surface area contributed by atoms with E-state index in [-0.39, 0.29) is 18.0 Å². The third-order valence-corrected chi connectivity index (χ3v) is 7.16. The van der Waals surface area contributed by atoms with Crippen LogP contribution >= 0.6 is 15.9 Å². The number of carbonyl (C=O) groups is 1. The lowest BCUT2D eigenvalue weighted by Crippen LogP contribution is -2.27. The van der Waals surface area contributed by atoms with Crippen LogP contribution in [0, 0.1) is 11.7 Å². The van der Waals surface area contributed by atoms with Crippen LogP contribution in [0.3, 0.4) is 0 Å². The molecule has 2 aromatic heterocycles. The van der Waals surface area contributed by atoms with Crippen LogP contribution in [0.4, 0.5) is 4.39 Å². The maximum Gasteiger partial charge on any atom is 0.307 e. The van der Waals surface area contributed by atoms with Crippen molar-refractivity contribution >= 4 is 32.9 Å². The molecule has 1 aliphatic rings. The Labute approximate surface area is 210 Å². The lowest BCUT2D eigenvalue weighted by Gasteiger charge is -2.28. The lowest BCUT2D eigenvalue weighted by atomic mass is 9.78. The van der Waals surface area contributed by atoms with Crippen LogP contribution in [-0.4, -0.2) is 30.4 Å². The van der Waals surface area contributed by atoms with Crippen molar-refractivity contribution in [3.8, 4) is 5.75 Å². The van der Waals surface area contributed by atoms with E-state index >= 15 is 4.39 Å². The van der Waals surface area contributed by atoms with Crippen molar-refractivity contribution in [2.75, 3.05) is 0 Å². The van der Waals surface area contributed by atoms with Gasteiger partial charge in [-0.05, 0) is 36.6 Å². The summed E-state index contributed by atoms with van der Waals surface area (Å²) in [5.74, 6) is -1.12. The maximum absolute atomic E-state index is 15.3. The molecule has 2 heterocycles. The van der Waals surface area contributed by atoms with Crippen LogP contribution < -0.4 is 4.74 Å². The van der Waals surface area contributed by atoms with Gasteiger partial charge in [-0.15, -0.1) is 0 Å². The number of carboxylic acids is 1. The number of hydrogen-bond acceptors (Lipinski definition) is 4. The van der Waals surface area contributed by atoms with Gasteiger partial charge in [-0.2, -0.15) is 5.10 Å². The molecule has 1 saturated carbocycles. The molecule has 0 aliphatic heterocycles. The number of rotatable bonds is 7. The number of hydrogen-bond donors (Lipinski definition) is 1. The van der Waals surface area contributed by atoms with E-state index in [1.54, 1.807) is 10.7 Å². The van der Waals surface area contributed by atoms with E-state index in [1.807, 2.05) is 48.1 Å². The molecule has 1 N–H and O–H groups in total. The average molecular weight is 541 g/mol. The van der Waals surface area contributed by atoms with Crippen LogP contribution in [-0.2, 0) is 25.0 Å². The molecular weight excluding hydrogens is 515 g/mol. The predicted molar refractivity (Wildman–Crippen MR) is 133 cm³/mol. The van der Waals surface area contributed by atoms with Gasteiger partial charge in [0.25, 0.3) is 0 Å². The average Bonchev–Trinajstić information content (AvgIpc) is 3.43. The van der Waals surface area contributed by atoms with E-state index in [9.17, 15) is 9.90 Å². The van der Waals surface area contributed by atoms with E-state index in [0.717, 1.165) is 28.6 Å². The van der Waals surface area contributed by atoms with E-state index < -0.39 is 17.7 Å². The highest BCUT2D eigenvalue weighted by molar-refractivity contribution is 9.10. The quantitative estimate of drug-likeness (QED) is 0.327. The van der Waals surface area contributed by atoms with Gasteiger partial charge in [0.2, 0.25) is 0 Å². The van der Waals surface area contributed by atoms with E-state index in [0.29, 0.717) is 36.5 Å². The summed E-state index contributed by atoms with van der Waals surface area (Å²) in [4.78, 5) is 16.7. The lowest BCUT2D eigenvalue weighted by molar-refractivity contribution is -0.143. The molecule has 2 aromatic carbocycles. The Kier molecular flexibility index (Phi) is 6.60. The number of benzene rings is 2. The molecule has 35 heavy (non-hydrogen) atoms. The second kappa shape index (κ2) is 9.81. The fraction of sp³-hybridized carbons (Fsp3) is 0.346. The van der Waals surface area contributed by atoms with Crippen LogP contribution in [0.25, 0.3) is 11.0 Å². The number of aliphatic carboxylic acids is 1. The SMILES string of the molecule is Cn1ccc(COc2cc(F)c3nc([C@H]4CCCC[C@H]4C(=O)O)n(Cc4ccc(Br)cc4)c3c2)n1. The van der Waals surface area contributed by atoms with E-state index in [1.165, 1.54) is 6.07 Å². The molecule has 1 aliphatic carbocycles. The highest BCUT2D eigenvalue weighted by Crippen LogP contribution is 2.40. The topological polar surface area (TPSA) is 82.2 Å². The molecular formula is C26H26BrFN4O3. The summed E-state index contributed by atoms with van der Waals surface area (Å²) in [5, 5.41) is 14.2. The molecule has 1 fully saturated rings. The zero-order valence-electron chi connectivity index (χ0n) is 19.3. The number of halogens is 2. The molecule has 0 radical (unpaired) electrons. The Hall–Kier alpha value is -3.20. The molecule has 5 rings (SSSR count). The zero-order valence-corrected chi connectivity index (χ0v) is 20.9. The van der Waals surface area contributed by atoms with Crippen molar-refractivity contribution in [3.05, 3.63) is 76.0 Å². The number of nitrogens with zero attached hydrogens (tertiary/aromatic N) is 4. The van der Waals surface area contributed by atoms with Gasteiger partial charge >= 0.3 is 5.97 Å². The first kappa shape index (κ1) is 23.5. The molecule has 0 bridgehead atoms. The number of ether oxygens (including phenoxy) is 1. The fourth-order valence-electron chi connectivity index (χ4n) is 4.91. The smallest absolute Gasteiger partial charge is 0.307 e. The number of carboxylic acid groups (broad SMARTS) is 1. The van der Waals surface area contributed by atoms with Crippen molar-refractivity contribution in [2.24, 2.45) is 13.0 Å². The van der Waals surface area contributed by atoms with Crippen molar-refractivity contribution in [3.63, 3.8) is 0 Å². The fourth-order valence-corrected chi connectivity index (χ4v) is 5.18. The summed E-state index contributed by atoms with van der Waals surface area (Å²) in [6.07, 6.45) is 4.94. The minimum absolute atomic E-state index is 0.212. The van der Waals surface area contributed by atoms with Crippen molar-refractivity contribution < 1.29 is 19.0 Å². The van der Waals surface area contributed by atoms with Crippen LogP contribution in [0.1, 0.15) is 48.7 Å². The van der Waals surface area contributed by atoms with Gasteiger partial charge in [0, 0.05) is 42.3 Å². The largest absolute Gasteiger partial charge is 0.487 e. The Morgan fingerprint density at radius 3 is 2.69 bits per heavy atom. The zero-order chi connectivity index (χ0) is 24.5. The highest BCUT2D eigenvalue weighted by atomic mass is 79.9. The summed E-state index contributed by atoms with van der Waals surface area (Å²) in [5.41, 5.74) is 2.57. The Bertz CT molecular complexity index is 1370. The summed E-state index contributed by atoms with van der Waals surface area (Å²) >= 11 is 3.46. The van der Waals surface area contributed by atoms with Crippen LogP contribution in [0.15, 0.2) is 53.1 Å². The molecule has 0 spiro atoms. The highest BCUT2D eigenvalue weighted by Gasteiger charge is 2.35. The molecule has 0 unspecified atom stereocenters. The first-order chi connectivity index (χ1) is 16.9. The Morgan fingerprint density at radius 1 is 1.20 bits per heavy atom. The third-order valence-electron chi connectivity index (χ3n) is 6.63. The number of fused-ring (bicyclic) bond motifs is 1. The van der Waals surface area contributed by atoms with E-state index in [2.05, 4.69) is 26.0 Å². The normalized spacial score (nSPS) is 18.1. The monoisotopic (exact) mass is 540 g/mol. The minimum atomic E-state index is -0.822. The van der Waals surface area contributed by atoms with E-state index in [4.69, 9.17) is 4.74 Å². The first-order valence-corrected chi connectivity index (χ1v) is 12.5. The van der Waals surface area contributed by atoms with Gasteiger partial charge in [-0.1, -0.05) is 40.9 Å². The van der Waals surface area contributed by atoms with Gasteiger partial charge in [0.1, 0.15) is 23.7 Å². The predicted octanol–water partition coefficient (Wildman–Crippen LogP) is 5.66. The molecule has 2 atom stereocenters. The summed E-state index contributed by atoms with van der Waals surface area (Å²) in [6.45, 7) is 0.661. The number of imidazole rings is 1. The number of aromatic nitrogens is 4. The summed E-state index contributed by atoms with van der Waals surface area (Å²) in [7, 11) is 1.83. The van der Waals surface area contributed by atoms with Gasteiger partial charge in [-0.3, -0.25) is 9.48 Å². The first-order valence-electron chi connectivity index (χ1n) is 11.7. The van der Waals surface area contributed by atoms with Crippen molar-refractivity contribution in [1.82, 2.24) is 19.3 Å². The summed E-state index contributed by atoms with van der Waals surface area (Å²) < 4.78 is 25.8. The Balaban J connectivity index is 1.58. The summed E-state index contributed by atoms with van der Waals surface area (Å²) in [6, 6.07) is 12.9. The number of aryl methyl sites for hydroxylation is 1. The van der Waals surface area contributed by atoms with Gasteiger partial charge < -0.3 is 14.4 Å². The van der Waals surface area contributed by atoms with Crippen molar-refractivity contribution in [1.29, 1.82) is 0 Å². The van der Waals surface area contributed by atoms with Gasteiger partial charge in [0.05, 0.1) is 17.1 Å². The molecule has 0 amide bonds. The van der Waals surface area contributed by atoms with Crippen LogP contribution in [0.2, 0.25) is 0 Å². The van der Waals surface area contributed by atoms with Crippen LogP contribution in [0.5, 0.6) is 5.75 Å². The molecule has 7 nitrogen and oxygen atoms in total. The Morgan fingerprint density at radius 2 is 1.97 bits per heavy atom. The second-order valence-electron chi connectivity index (χ2n) is 9.06. The van der Waals surface area contributed by atoms with Crippen molar-refractivity contribution in [2.45, 2.75) is 44.8 Å². The standard InChI is InChI=1S/C26H26BrFN4O3/c1-31-11-10-18(30-31)15-35-19-12-22(28)24-23(13-19)32(14-16-6-8-17(27)9-7-16)25(29-24)20-4-2-3-5-21(20)26(33)34/h6-13,20-21H,2-5,14-15H2,1H3,(H,33,34)/t20-,21+/m0/s1. The van der Waals surface area contributed by atoms with Gasteiger partial charge in [0.15, 0.2) is 5.82 Å². The molecule has 0 saturated heterocycles. The molecule has 182 valence electrons.